The van der Waals surface area contributed by atoms with Gasteiger partial charge in [-0.15, -0.1) is 0 Å². The topological polar surface area (TPSA) is 15.3 Å². The molecule has 1 N–H and O–H groups in total. The molecule has 0 aromatic heterocycles. The van der Waals surface area contributed by atoms with Gasteiger partial charge in [-0.1, -0.05) is 43.9 Å². The molecule has 17 heavy (non-hydrogen) atoms. The normalized spacial score (nSPS) is 29.4. The molecular weight excluding hydrogens is 232 g/mol. The Hall–Kier alpha value is -0.0500. The molecule has 1 aliphatic heterocycles. The highest BCUT2D eigenvalue weighted by Gasteiger charge is 2.40. The molecule has 0 radical (unpaired) electrons. The predicted molar refractivity (Wildman–Crippen MR) is 74.5 cm³/mol. The van der Waals surface area contributed by atoms with Crippen molar-refractivity contribution in [2.75, 3.05) is 19.6 Å². The molecule has 0 bridgehead atoms. The van der Waals surface area contributed by atoms with Crippen molar-refractivity contribution >= 4 is 11.6 Å². The van der Waals surface area contributed by atoms with Gasteiger partial charge in [0.1, 0.15) is 0 Å². The third-order valence-corrected chi connectivity index (χ3v) is 4.52. The van der Waals surface area contributed by atoms with E-state index in [2.05, 4.69) is 23.2 Å². The Bertz CT molecular complexity index is 259. The van der Waals surface area contributed by atoms with E-state index in [1.165, 1.54) is 45.1 Å². The van der Waals surface area contributed by atoms with E-state index in [0.717, 1.165) is 13.1 Å². The summed E-state index contributed by atoms with van der Waals surface area (Å²) in [6, 6.07) is 0.694. The van der Waals surface area contributed by atoms with E-state index in [0.29, 0.717) is 11.6 Å². The highest BCUT2D eigenvalue weighted by molar-refractivity contribution is 6.25. The van der Waals surface area contributed by atoms with Crippen LogP contribution in [-0.2, 0) is 0 Å². The molecular formula is C14H25ClN2. The van der Waals surface area contributed by atoms with Gasteiger partial charge in [0.05, 0.1) is 0 Å². The van der Waals surface area contributed by atoms with Gasteiger partial charge in [0.25, 0.3) is 0 Å². The van der Waals surface area contributed by atoms with Crippen LogP contribution in [-0.4, -0.2) is 36.1 Å². The van der Waals surface area contributed by atoms with Gasteiger partial charge >= 0.3 is 0 Å². The zero-order valence-electron chi connectivity index (χ0n) is 10.9. The largest absolute Gasteiger partial charge is 0.308 e. The summed E-state index contributed by atoms with van der Waals surface area (Å²) in [4.78, 5) is 2.63. The van der Waals surface area contributed by atoms with Crippen molar-refractivity contribution in [3.8, 4) is 0 Å². The lowest BCUT2D eigenvalue weighted by molar-refractivity contribution is 0.0863. The summed E-state index contributed by atoms with van der Waals surface area (Å²) >= 11 is 5.67. The summed E-state index contributed by atoms with van der Waals surface area (Å²) in [7, 11) is 0. The minimum absolute atomic E-state index is 0.421. The molecule has 0 amide bonds. The average Bonchev–Trinajstić information content (AvgIpc) is 2.78. The Morgan fingerprint density at radius 2 is 2.18 bits per heavy atom. The highest BCUT2D eigenvalue weighted by Crippen LogP contribution is 2.33. The summed E-state index contributed by atoms with van der Waals surface area (Å²) in [5.41, 5.74) is 2.08. The Labute approximate surface area is 110 Å². The molecule has 0 aromatic carbocycles. The van der Waals surface area contributed by atoms with Crippen molar-refractivity contribution in [3.63, 3.8) is 0 Å². The molecule has 0 aromatic rings. The maximum absolute atomic E-state index is 5.67. The van der Waals surface area contributed by atoms with Gasteiger partial charge in [-0.3, -0.25) is 4.90 Å². The number of rotatable bonds is 4. The fourth-order valence-corrected chi connectivity index (χ4v) is 3.51. The zero-order chi connectivity index (χ0) is 12.1. The zero-order valence-corrected chi connectivity index (χ0v) is 11.7. The van der Waals surface area contributed by atoms with E-state index >= 15 is 0 Å². The fraction of sp³-hybridized carbons (Fsp3) is 0.857. The lowest BCUT2D eigenvalue weighted by Gasteiger charge is -2.46. The van der Waals surface area contributed by atoms with Crippen LogP contribution in [0.15, 0.2) is 11.6 Å². The third-order valence-electron chi connectivity index (χ3n) is 4.35. The number of hydrogen-bond donors (Lipinski definition) is 1. The Kier molecular flexibility index (Phi) is 4.89. The van der Waals surface area contributed by atoms with Crippen LogP contribution in [0.25, 0.3) is 0 Å². The quantitative estimate of drug-likeness (QED) is 0.832. The van der Waals surface area contributed by atoms with Crippen molar-refractivity contribution in [2.24, 2.45) is 0 Å². The summed E-state index contributed by atoms with van der Waals surface area (Å²) in [6.07, 6.45) is 10.1. The van der Waals surface area contributed by atoms with Crippen LogP contribution in [0.5, 0.6) is 0 Å². The number of piperazine rings is 1. The van der Waals surface area contributed by atoms with E-state index in [9.17, 15) is 0 Å². The third kappa shape index (κ3) is 3.24. The molecule has 2 aliphatic rings. The number of halogens is 1. The summed E-state index contributed by atoms with van der Waals surface area (Å²) in [5.74, 6) is 0. The molecule has 1 unspecified atom stereocenters. The maximum Gasteiger partial charge on any atom is 0.0309 e. The summed E-state index contributed by atoms with van der Waals surface area (Å²) in [5, 5.41) is 3.84. The number of hydrogen-bond acceptors (Lipinski definition) is 2. The van der Waals surface area contributed by atoms with Crippen molar-refractivity contribution in [3.05, 3.63) is 11.6 Å². The molecule has 1 saturated carbocycles. The molecule has 2 fully saturated rings. The molecule has 1 heterocycles. The first kappa shape index (κ1) is 13.4. The molecule has 1 aliphatic carbocycles. The summed E-state index contributed by atoms with van der Waals surface area (Å²) < 4.78 is 0. The second-order valence-corrected chi connectivity index (χ2v) is 5.85. The first-order chi connectivity index (χ1) is 8.29. The average molecular weight is 257 g/mol. The van der Waals surface area contributed by atoms with Crippen LogP contribution in [0.2, 0.25) is 0 Å². The standard InChI is InChI=1S/C14H25ClN2/c1-2-6-13-11-16-14(7-3-4-8-14)12-17(13)10-5-9-15/h5,9,13,16H,2-4,6-8,10-12H2,1H3/b9-5+. The molecule has 1 saturated heterocycles. The molecule has 1 spiro atoms. The second kappa shape index (κ2) is 6.21. The fourth-order valence-electron chi connectivity index (χ4n) is 3.43. The van der Waals surface area contributed by atoms with Gasteiger partial charge in [0.2, 0.25) is 0 Å². The molecule has 1 atom stereocenters. The number of nitrogens with one attached hydrogen (secondary N) is 1. The first-order valence-electron chi connectivity index (χ1n) is 7.04. The minimum atomic E-state index is 0.421. The minimum Gasteiger partial charge on any atom is -0.308 e. The highest BCUT2D eigenvalue weighted by atomic mass is 35.5. The predicted octanol–water partition coefficient (Wildman–Crippen LogP) is 3.13. The van der Waals surface area contributed by atoms with Gasteiger partial charge in [-0.25, -0.2) is 0 Å². The van der Waals surface area contributed by atoms with E-state index in [1.807, 2.05) is 0 Å². The SMILES string of the molecule is CCCC1CNC2(CCCC2)CN1C/C=C/Cl. The first-order valence-corrected chi connectivity index (χ1v) is 7.47. The molecule has 3 heteroatoms. The van der Waals surface area contributed by atoms with Crippen molar-refractivity contribution in [1.29, 1.82) is 0 Å². The smallest absolute Gasteiger partial charge is 0.0309 e. The second-order valence-electron chi connectivity index (χ2n) is 5.60. The molecule has 2 nitrogen and oxygen atoms in total. The van der Waals surface area contributed by atoms with Crippen molar-refractivity contribution in [2.45, 2.75) is 57.0 Å². The maximum atomic E-state index is 5.67. The molecule has 2 rings (SSSR count). The lowest BCUT2D eigenvalue weighted by atomic mass is 9.91. The van der Waals surface area contributed by atoms with Gasteiger partial charge in [0, 0.05) is 36.8 Å². The molecule has 98 valence electrons. The van der Waals surface area contributed by atoms with Crippen LogP contribution in [0.3, 0.4) is 0 Å². The lowest BCUT2D eigenvalue weighted by Crippen LogP contribution is -2.63. The number of nitrogens with zero attached hydrogens (tertiary/aromatic N) is 1. The van der Waals surface area contributed by atoms with Gasteiger partial charge in [-0.05, 0) is 19.3 Å². The summed E-state index contributed by atoms with van der Waals surface area (Å²) in [6.45, 7) is 5.65. The van der Waals surface area contributed by atoms with Crippen molar-refractivity contribution < 1.29 is 0 Å². The Morgan fingerprint density at radius 1 is 1.41 bits per heavy atom. The van der Waals surface area contributed by atoms with Crippen LogP contribution in [0.1, 0.15) is 45.4 Å². The van der Waals surface area contributed by atoms with Crippen LogP contribution < -0.4 is 5.32 Å². The monoisotopic (exact) mass is 256 g/mol. The van der Waals surface area contributed by atoms with E-state index in [-0.39, 0.29) is 0 Å². The Morgan fingerprint density at radius 3 is 2.82 bits per heavy atom. The van der Waals surface area contributed by atoms with E-state index in [1.54, 1.807) is 5.54 Å². The van der Waals surface area contributed by atoms with Gasteiger partial charge < -0.3 is 5.32 Å². The van der Waals surface area contributed by atoms with Gasteiger partial charge in [0.15, 0.2) is 0 Å². The van der Waals surface area contributed by atoms with E-state index < -0.39 is 0 Å². The van der Waals surface area contributed by atoms with Crippen LogP contribution >= 0.6 is 11.6 Å². The van der Waals surface area contributed by atoms with Crippen LogP contribution in [0, 0.1) is 0 Å². The van der Waals surface area contributed by atoms with E-state index in [4.69, 9.17) is 11.6 Å². The van der Waals surface area contributed by atoms with Gasteiger partial charge in [-0.2, -0.15) is 0 Å². The van der Waals surface area contributed by atoms with Crippen LogP contribution in [0.4, 0.5) is 0 Å². The Balaban J connectivity index is 1.98. The van der Waals surface area contributed by atoms with Crippen molar-refractivity contribution in [1.82, 2.24) is 10.2 Å².